The summed E-state index contributed by atoms with van der Waals surface area (Å²) in [6, 6.07) is 0.694. The zero-order valence-electron chi connectivity index (χ0n) is 11.2. The van der Waals surface area contributed by atoms with E-state index in [4.69, 9.17) is 10.5 Å². The van der Waals surface area contributed by atoms with Gasteiger partial charge in [0, 0.05) is 25.4 Å². The van der Waals surface area contributed by atoms with Crippen LogP contribution in [0.25, 0.3) is 0 Å². The van der Waals surface area contributed by atoms with Gasteiger partial charge in [-0.3, -0.25) is 4.90 Å². The molecule has 1 aliphatic heterocycles. The molecule has 0 spiro atoms. The lowest BCUT2D eigenvalue weighted by Gasteiger charge is -2.51. The number of nitrogens with zero attached hydrogens (tertiary/aromatic N) is 1. The molecule has 3 atom stereocenters. The van der Waals surface area contributed by atoms with E-state index in [2.05, 4.69) is 23.7 Å². The second-order valence-corrected chi connectivity index (χ2v) is 6.56. The summed E-state index contributed by atoms with van der Waals surface area (Å²) in [5, 5.41) is 0. The average Bonchev–Trinajstić information content (AvgIpc) is 2.91. The van der Waals surface area contributed by atoms with Gasteiger partial charge < -0.3 is 10.5 Å². The number of nitrogens with two attached hydrogens (primary N) is 1. The molecule has 0 bridgehead atoms. The van der Waals surface area contributed by atoms with Crippen molar-refractivity contribution in [1.29, 1.82) is 0 Å². The van der Waals surface area contributed by atoms with Crippen molar-refractivity contribution in [2.75, 3.05) is 32.2 Å². The molecule has 2 N–H and O–H groups in total. The first-order valence-electron chi connectivity index (χ1n) is 6.78. The predicted octanol–water partition coefficient (Wildman–Crippen LogP) is 1.71. The fourth-order valence-electron chi connectivity index (χ4n) is 3.50. The molecule has 0 amide bonds. The fraction of sp³-hybridized carbons (Fsp3) is 1.00. The first kappa shape index (κ1) is 13.7. The van der Waals surface area contributed by atoms with E-state index in [0.717, 1.165) is 13.0 Å². The van der Waals surface area contributed by atoms with E-state index in [9.17, 15) is 0 Å². The third-order valence-corrected chi connectivity index (χ3v) is 5.86. The maximum atomic E-state index is 6.14. The van der Waals surface area contributed by atoms with Crippen molar-refractivity contribution in [3.05, 3.63) is 0 Å². The molecule has 2 aliphatic rings. The number of thioether (sulfide) groups is 1. The van der Waals surface area contributed by atoms with Crippen LogP contribution < -0.4 is 5.73 Å². The second kappa shape index (κ2) is 5.91. The molecule has 17 heavy (non-hydrogen) atoms. The van der Waals surface area contributed by atoms with E-state index in [1.165, 1.54) is 37.2 Å². The molecule has 4 heteroatoms. The van der Waals surface area contributed by atoms with Crippen LogP contribution in [0.1, 0.15) is 32.1 Å². The minimum Gasteiger partial charge on any atom is -0.379 e. The largest absolute Gasteiger partial charge is 0.379 e. The maximum Gasteiger partial charge on any atom is 0.0767 e. The van der Waals surface area contributed by atoms with E-state index in [1.54, 1.807) is 0 Å². The van der Waals surface area contributed by atoms with Crippen molar-refractivity contribution in [1.82, 2.24) is 4.90 Å². The van der Waals surface area contributed by atoms with Gasteiger partial charge in [-0.15, -0.1) is 0 Å². The Morgan fingerprint density at radius 2 is 2.24 bits per heavy atom. The Morgan fingerprint density at radius 3 is 2.82 bits per heavy atom. The first-order chi connectivity index (χ1) is 8.24. The van der Waals surface area contributed by atoms with Crippen molar-refractivity contribution in [2.45, 2.75) is 49.8 Å². The monoisotopic (exact) mass is 258 g/mol. The minimum atomic E-state index is 0.0859. The van der Waals surface area contributed by atoms with Crippen LogP contribution in [-0.2, 0) is 4.74 Å². The number of rotatable bonds is 4. The molecule has 1 heterocycles. The van der Waals surface area contributed by atoms with Gasteiger partial charge in [0.05, 0.1) is 11.6 Å². The number of hydrogen-bond acceptors (Lipinski definition) is 4. The van der Waals surface area contributed by atoms with E-state index >= 15 is 0 Å². The van der Waals surface area contributed by atoms with Gasteiger partial charge in [0.2, 0.25) is 0 Å². The summed E-state index contributed by atoms with van der Waals surface area (Å²) in [7, 11) is 4.11. The van der Waals surface area contributed by atoms with Crippen LogP contribution in [0.4, 0.5) is 0 Å². The molecule has 0 radical (unpaired) electrons. The molecule has 3 unspecified atom stereocenters. The molecule has 0 aromatic rings. The number of ether oxygens (including phenoxy) is 1. The zero-order valence-corrected chi connectivity index (χ0v) is 12.0. The van der Waals surface area contributed by atoms with Gasteiger partial charge in [-0.25, -0.2) is 0 Å². The number of likely N-dealkylation sites (N-methyl/N-ethyl adjacent to an activating group) is 1. The highest BCUT2D eigenvalue weighted by atomic mass is 32.2. The summed E-state index contributed by atoms with van der Waals surface area (Å²) in [5.74, 6) is 2.56. The van der Waals surface area contributed by atoms with Gasteiger partial charge in [0.25, 0.3) is 0 Å². The van der Waals surface area contributed by atoms with Crippen molar-refractivity contribution in [2.24, 2.45) is 5.73 Å². The van der Waals surface area contributed by atoms with Crippen LogP contribution in [-0.4, -0.2) is 54.8 Å². The van der Waals surface area contributed by atoms with Gasteiger partial charge in [0.15, 0.2) is 0 Å². The zero-order chi connectivity index (χ0) is 12.3. The predicted molar refractivity (Wildman–Crippen MR) is 74.5 cm³/mol. The molecule has 2 rings (SSSR count). The number of hydrogen-bond donors (Lipinski definition) is 1. The summed E-state index contributed by atoms with van der Waals surface area (Å²) >= 11 is 2.07. The van der Waals surface area contributed by atoms with Crippen molar-refractivity contribution in [3.63, 3.8) is 0 Å². The van der Waals surface area contributed by atoms with Gasteiger partial charge in [-0.1, -0.05) is 12.8 Å². The normalized spacial score (nSPS) is 38.8. The first-order valence-corrected chi connectivity index (χ1v) is 7.93. The second-order valence-electron chi connectivity index (χ2n) is 5.41. The summed E-state index contributed by atoms with van der Waals surface area (Å²) in [5.41, 5.74) is 6.23. The molecule has 3 nitrogen and oxygen atoms in total. The SMILES string of the molecule is COC1CCCCC1(CN)N(C)C1CCSC1. The lowest BCUT2D eigenvalue weighted by Crippen LogP contribution is -2.64. The Balaban J connectivity index is 2.14. The van der Waals surface area contributed by atoms with Crippen LogP contribution in [0.3, 0.4) is 0 Å². The molecule has 100 valence electrons. The average molecular weight is 258 g/mol. The molecule has 1 saturated carbocycles. The Bertz CT molecular complexity index is 246. The summed E-state index contributed by atoms with van der Waals surface area (Å²) in [6.45, 7) is 0.725. The Morgan fingerprint density at radius 1 is 1.41 bits per heavy atom. The molecule has 0 aromatic carbocycles. The molecule has 1 aliphatic carbocycles. The topological polar surface area (TPSA) is 38.5 Å². The van der Waals surface area contributed by atoms with Gasteiger partial charge >= 0.3 is 0 Å². The maximum absolute atomic E-state index is 6.14. The summed E-state index contributed by atoms with van der Waals surface area (Å²) in [4.78, 5) is 2.56. The van der Waals surface area contributed by atoms with Crippen LogP contribution in [0.15, 0.2) is 0 Å². The quantitative estimate of drug-likeness (QED) is 0.833. The van der Waals surface area contributed by atoms with E-state index in [1.807, 2.05) is 7.11 Å². The Kier molecular flexibility index (Phi) is 4.75. The highest BCUT2D eigenvalue weighted by Gasteiger charge is 2.45. The molecule has 2 fully saturated rings. The van der Waals surface area contributed by atoms with Crippen LogP contribution >= 0.6 is 11.8 Å². The Labute approximate surface area is 109 Å². The molecular formula is C13H26N2OS. The number of methoxy groups -OCH3 is 1. The van der Waals surface area contributed by atoms with E-state index in [0.29, 0.717) is 12.1 Å². The summed E-state index contributed by atoms with van der Waals surface area (Å²) in [6.07, 6.45) is 6.56. The summed E-state index contributed by atoms with van der Waals surface area (Å²) < 4.78 is 5.75. The molecular weight excluding hydrogens is 232 g/mol. The van der Waals surface area contributed by atoms with Crippen molar-refractivity contribution >= 4 is 11.8 Å². The van der Waals surface area contributed by atoms with Gasteiger partial charge in [0.1, 0.15) is 0 Å². The Hall–Kier alpha value is 0.230. The van der Waals surface area contributed by atoms with E-state index in [-0.39, 0.29) is 5.54 Å². The van der Waals surface area contributed by atoms with Crippen molar-refractivity contribution in [3.8, 4) is 0 Å². The highest BCUT2D eigenvalue weighted by molar-refractivity contribution is 7.99. The third-order valence-electron chi connectivity index (χ3n) is 4.72. The van der Waals surface area contributed by atoms with Crippen LogP contribution in [0.2, 0.25) is 0 Å². The standard InChI is InChI=1S/C13H26N2OS/c1-15(11-6-8-17-9-11)13(10-14)7-4-3-5-12(13)16-2/h11-12H,3-10,14H2,1-2H3. The highest BCUT2D eigenvalue weighted by Crippen LogP contribution is 2.37. The van der Waals surface area contributed by atoms with Crippen molar-refractivity contribution < 1.29 is 4.74 Å². The fourth-order valence-corrected chi connectivity index (χ4v) is 4.77. The van der Waals surface area contributed by atoms with Gasteiger partial charge in [-0.05, 0) is 32.1 Å². The minimum absolute atomic E-state index is 0.0859. The van der Waals surface area contributed by atoms with E-state index < -0.39 is 0 Å². The smallest absolute Gasteiger partial charge is 0.0767 e. The molecule has 0 aromatic heterocycles. The van der Waals surface area contributed by atoms with Crippen LogP contribution in [0.5, 0.6) is 0 Å². The van der Waals surface area contributed by atoms with Gasteiger partial charge in [-0.2, -0.15) is 11.8 Å². The third kappa shape index (κ3) is 2.50. The lowest BCUT2D eigenvalue weighted by atomic mass is 9.77. The van der Waals surface area contributed by atoms with Crippen LogP contribution in [0, 0.1) is 0 Å². The lowest BCUT2D eigenvalue weighted by molar-refractivity contribution is -0.0772. The molecule has 1 saturated heterocycles.